The number of carbonyl (C=O) groups excluding carboxylic acids is 1. The highest BCUT2D eigenvalue weighted by Gasteiger charge is 2.24. The smallest absolute Gasteiger partial charge is 0.196 e. The van der Waals surface area contributed by atoms with Gasteiger partial charge in [-0.05, 0) is 38.5 Å². The topological polar surface area (TPSA) is 63.6 Å². The number of thioether (sulfide) groups is 1. The molecule has 0 saturated heterocycles. The van der Waals surface area contributed by atoms with Crippen molar-refractivity contribution >= 4 is 28.4 Å². The lowest BCUT2D eigenvalue weighted by atomic mass is 10.1. The Morgan fingerprint density at radius 1 is 1.11 bits per heavy atom. The molecule has 5 nitrogen and oxygen atoms in total. The zero-order chi connectivity index (χ0) is 19.0. The number of nitrogens with one attached hydrogen (secondary N) is 1. The van der Waals surface area contributed by atoms with Gasteiger partial charge in [-0.25, -0.2) is 0 Å². The molecule has 0 saturated carbocycles. The van der Waals surface area contributed by atoms with Gasteiger partial charge in [-0.1, -0.05) is 48.2 Å². The molecule has 1 unspecified atom stereocenters. The number of benzene rings is 2. The number of rotatable bonds is 5. The van der Waals surface area contributed by atoms with E-state index < -0.39 is 0 Å². The van der Waals surface area contributed by atoms with E-state index in [1.807, 2.05) is 73.9 Å². The van der Waals surface area contributed by atoms with E-state index >= 15 is 0 Å². The number of hydrogen-bond acceptors (Lipinski definition) is 4. The predicted octanol–water partition coefficient (Wildman–Crippen LogP) is 4.73. The highest BCUT2D eigenvalue weighted by Crippen LogP contribution is 2.30. The quantitative estimate of drug-likeness (QED) is 0.404. The van der Waals surface area contributed by atoms with Crippen molar-refractivity contribution in [2.45, 2.75) is 31.2 Å². The summed E-state index contributed by atoms with van der Waals surface area (Å²) >= 11 is 1.43. The van der Waals surface area contributed by atoms with E-state index in [0.717, 1.165) is 33.4 Å². The molecule has 0 aliphatic heterocycles. The van der Waals surface area contributed by atoms with Crippen molar-refractivity contribution in [3.05, 3.63) is 71.7 Å². The number of carbonyl (C=O) groups is 1. The molecule has 0 radical (unpaired) electrons. The van der Waals surface area contributed by atoms with E-state index in [9.17, 15) is 4.79 Å². The molecule has 0 fully saturated rings. The zero-order valence-corrected chi connectivity index (χ0v) is 16.2. The van der Waals surface area contributed by atoms with Crippen LogP contribution in [0.4, 0.5) is 0 Å². The summed E-state index contributed by atoms with van der Waals surface area (Å²) in [5, 5.41) is 9.69. The first-order valence-corrected chi connectivity index (χ1v) is 9.68. The molecule has 2 aromatic carbocycles. The Kier molecular flexibility index (Phi) is 4.58. The maximum Gasteiger partial charge on any atom is 0.196 e. The van der Waals surface area contributed by atoms with Crippen molar-refractivity contribution in [1.29, 1.82) is 0 Å². The molecule has 1 N–H and O–H groups in total. The molecule has 1 atom stereocenters. The summed E-state index contributed by atoms with van der Waals surface area (Å²) in [6, 6.07) is 16.0. The SMILES string of the molecule is Cc1ccccc1-n1cnnc1SC(C)C(=O)c1c(C)[nH]c2ccccc12. The minimum atomic E-state index is -0.283. The van der Waals surface area contributed by atoms with Gasteiger partial charge in [0.15, 0.2) is 10.9 Å². The van der Waals surface area contributed by atoms with Crippen molar-refractivity contribution in [2.24, 2.45) is 0 Å². The predicted molar refractivity (Wildman–Crippen MR) is 109 cm³/mol. The summed E-state index contributed by atoms with van der Waals surface area (Å²) in [7, 11) is 0. The summed E-state index contributed by atoms with van der Waals surface area (Å²) < 4.78 is 1.94. The Morgan fingerprint density at radius 2 is 1.85 bits per heavy atom. The van der Waals surface area contributed by atoms with Gasteiger partial charge in [-0.15, -0.1) is 10.2 Å². The van der Waals surface area contributed by atoms with Crippen LogP contribution in [0, 0.1) is 13.8 Å². The largest absolute Gasteiger partial charge is 0.358 e. The number of Topliss-reactive ketones (excluding diaryl/α,β-unsaturated/α-hetero) is 1. The first kappa shape index (κ1) is 17.5. The Morgan fingerprint density at radius 3 is 2.67 bits per heavy atom. The van der Waals surface area contributed by atoms with E-state index in [1.54, 1.807) is 6.33 Å². The maximum absolute atomic E-state index is 13.2. The van der Waals surface area contributed by atoms with Gasteiger partial charge in [0.2, 0.25) is 0 Å². The maximum atomic E-state index is 13.2. The molecule has 4 rings (SSSR count). The average molecular weight is 376 g/mol. The number of para-hydroxylation sites is 2. The average Bonchev–Trinajstić information content (AvgIpc) is 3.24. The Bertz CT molecular complexity index is 1130. The fourth-order valence-electron chi connectivity index (χ4n) is 3.31. The molecule has 0 amide bonds. The summed E-state index contributed by atoms with van der Waals surface area (Å²) in [4.78, 5) is 16.5. The number of H-pyrrole nitrogens is 1. The number of hydrogen-bond donors (Lipinski definition) is 1. The molecule has 0 aliphatic carbocycles. The van der Waals surface area contributed by atoms with Crippen molar-refractivity contribution in [3.8, 4) is 5.69 Å². The lowest BCUT2D eigenvalue weighted by Crippen LogP contribution is -2.15. The van der Waals surface area contributed by atoms with E-state index in [1.165, 1.54) is 11.8 Å². The number of ketones is 1. The number of aromatic amines is 1. The van der Waals surface area contributed by atoms with Crippen LogP contribution >= 0.6 is 11.8 Å². The third kappa shape index (κ3) is 3.17. The van der Waals surface area contributed by atoms with Crippen LogP contribution in [-0.2, 0) is 0 Å². The summed E-state index contributed by atoms with van der Waals surface area (Å²) in [5.41, 5.74) is 4.79. The number of nitrogens with zero attached hydrogens (tertiary/aromatic N) is 3. The summed E-state index contributed by atoms with van der Waals surface area (Å²) in [5.74, 6) is 0.0919. The van der Waals surface area contributed by atoms with Gasteiger partial charge in [0.1, 0.15) is 6.33 Å². The fraction of sp³-hybridized carbons (Fsp3) is 0.190. The third-order valence-electron chi connectivity index (χ3n) is 4.68. The molecule has 6 heteroatoms. The van der Waals surface area contributed by atoms with Crippen LogP contribution in [0.5, 0.6) is 0 Å². The fourth-order valence-corrected chi connectivity index (χ4v) is 4.21. The van der Waals surface area contributed by atoms with Gasteiger partial charge in [-0.3, -0.25) is 9.36 Å². The van der Waals surface area contributed by atoms with Crippen molar-refractivity contribution in [1.82, 2.24) is 19.7 Å². The van der Waals surface area contributed by atoms with Gasteiger partial charge < -0.3 is 4.98 Å². The molecule has 27 heavy (non-hydrogen) atoms. The van der Waals surface area contributed by atoms with Crippen LogP contribution in [0.15, 0.2) is 60.0 Å². The Balaban J connectivity index is 1.65. The van der Waals surface area contributed by atoms with E-state index in [-0.39, 0.29) is 11.0 Å². The van der Waals surface area contributed by atoms with Crippen LogP contribution in [0.25, 0.3) is 16.6 Å². The lowest BCUT2D eigenvalue weighted by Gasteiger charge is -2.13. The highest BCUT2D eigenvalue weighted by atomic mass is 32.2. The monoisotopic (exact) mass is 376 g/mol. The van der Waals surface area contributed by atoms with Crippen LogP contribution in [0.2, 0.25) is 0 Å². The summed E-state index contributed by atoms with van der Waals surface area (Å²) in [6.07, 6.45) is 1.69. The van der Waals surface area contributed by atoms with Crippen molar-refractivity contribution in [2.75, 3.05) is 0 Å². The van der Waals surface area contributed by atoms with Crippen LogP contribution in [-0.4, -0.2) is 30.8 Å². The molecule has 0 bridgehead atoms. The second-order valence-electron chi connectivity index (χ2n) is 6.56. The molecule has 0 spiro atoms. The first-order chi connectivity index (χ1) is 13.1. The van der Waals surface area contributed by atoms with Gasteiger partial charge in [0.05, 0.1) is 10.9 Å². The second-order valence-corrected chi connectivity index (χ2v) is 7.87. The Hall–Kier alpha value is -2.86. The molecule has 0 aliphatic rings. The van der Waals surface area contributed by atoms with E-state index in [0.29, 0.717) is 5.16 Å². The zero-order valence-electron chi connectivity index (χ0n) is 15.4. The molecule has 136 valence electrons. The molecule has 4 aromatic rings. The lowest BCUT2D eigenvalue weighted by molar-refractivity contribution is 0.0995. The third-order valence-corrected chi connectivity index (χ3v) is 5.74. The van der Waals surface area contributed by atoms with Crippen LogP contribution < -0.4 is 0 Å². The molecular formula is C21H20N4OS. The van der Waals surface area contributed by atoms with E-state index in [4.69, 9.17) is 0 Å². The van der Waals surface area contributed by atoms with Gasteiger partial charge in [-0.2, -0.15) is 0 Å². The molecule has 2 heterocycles. The van der Waals surface area contributed by atoms with Crippen molar-refractivity contribution in [3.63, 3.8) is 0 Å². The second kappa shape index (κ2) is 7.04. The number of aromatic nitrogens is 4. The van der Waals surface area contributed by atoms with Crippen LogP contribution in [0.1, 0.15) is 28.5 Å². The number of aryl methyl sites for hydroxylation is 2. The Labute approximate surface area is 161 Å². The van der Waals surface area contributed by atoms with Crippen LogP contribution in [0.3, 0.4) is 0 Å². The van der Waals surface area contributed by atoms with Gasteiger partial charge in [0, 0.05) is 22.2 Å². The summed E-state index contributed by atoms with van der Waals surface area (Å²) in [6.45, 7) is 5.92. The minimum Gasteiger partial charge on any atom is -0.358 e. The highest BCUT2D eigenvalue weighted by molar-refractivity contribution is 8.00. The van der Waals surface area contributed by atoms with Gasteiger partial charge >= 0.3 is 0 Å². The van der Waals surface area contributed by atoms with E-state index in [2.05, 4.69) is 15.2 Å². The van der Waals surface area contributed by atoms with Gasteiger partial charge in [0.25, 0.3) is 0 Å². The normalized spacial score (nSPS) is 12.4. The standard InChI is InChI=1S/C21H20N4OS/c1-13-8-4-7-11-18(13)25-12-22-24-21(25)27-15(3)20(26)19-14(2)23-17-10-6-5-9-16(17)19/h4-12,15,23H,1-3H3. The van der Waals surface area contributed by atoms with Crippen molar-refractivity contribution < 1.29 is 4.79 Å². The molecular weight excluding hydrogens is 356 g/mol. The minimum absolute atomic E-state index is 0.0919. The first-order valence-electron chi connectivity index (χ1n) is 8.80. The number of fused-ring (bicyclic) bond motifs is 1. The molecule has 2 aromatic heterocycles.